The number of aromatic carboxylic acids is 1. The van der Waals surface area contributed by atoms with E-state index in [1.165, 1.54) is 18.5 Å². The third-order valence-electron chi connectivity index (χ3n) is 2.88. The fraction of sp³-hybridized carbons (Fsp3) is 0.133. The largest absolute Gasteiger partial charge is 0.478 e. The Kier molecular flexibility index (Phi) is 3.79. The number of pyridine rings is 1. The normalized spacial score (nSPS) is 10.1. The van der Waals surface area contributed by atoms with Crippen LogP contribution in [-0.4, -0.2) is 22.0 Å². The summed E-state index contributed by atoms with van der Waals surface area (Å²) in [5.41, 5.74) is 2.79. The van der Waals surface area contributed by atoms with Gasteiger partial charge in [0.2, 0.25) is 0 Å². The van der Waals surface area contributed by atoms with Gasteiger partial charge in [-0.3, -0.25) is 9.78 Å². The first-order valence-corrected chi connectivity index (χ1v) is 6.04. The maximum atomic E-state index is 12.2. The molecular formula is C15H14N2O3. The van der Waals surface area contributed by atoms with Gasteiger partial charge >= 0.3 is 5.97 Å². The monoisotopic (exact) mass is 270 g/mol. The van der Waals surface area contributed by atoms with Crippen molar-refractivity contribution in [2.75, 3.05) is 5.32 Å². The Labute approximate surface area is 116 Å². The molecule has 0 spiro atoms. The van der Waals surface area contributed by atoms with Gasteiger partial charge in [0.05, 0.1) is 17.4 Å². The summed E-state index contributed by atoms with van der Waals surface area (Å²) in [5, 5.41) is 11.5. The van der Waals surface area contributed by atoms with E-state index in [2.05, 4.69) is 10.3 Å². The van der Waals surface area contributed by atoms with Gasteiger partial charge in [0.25, 0.3) is 5.91 Å². The number of nitrogens with one attached hydrogen (secondary N) is 1. The topological polar surface area (TPSA) is 79.3 Å². The van der Waals surface area contributed by atoms with Gasteiger partial charge in [0.15, 0.2) is 0 Å². The standard InChI is InChI=1S/C15H14N2O3/c1-9-3-4-10(2)13(5-9)14(18)17-12-6-11(15(19)20)7-16-8-12/h3-8H,1-2H3,(H,17,18)(H,19,20). The average Bonchev–Trinajstić information content (AvgIpc) is 2.41. The number of aromatic nitrogens is 1. The number of aryl methyl sites for hydroxylation is 2. The maximum Gasteiger partial charge on any atom is 0.337 e. The summed E-state index contributed by atoms with van der Waals surface area (Å²) in [6, 6.07) is 6.96. The van der Waals surface area contributed by atoms with Crippen molar-refractivity contribution in [2.45, 2.75) is 13.8 Å². The molecule has 0 fully saturated rings. The highest BCUT2D eigenvalue weighted by Gasteiger charge is 2.11. The predicted octanol–water partition coefficient (Wildman–Crippen LogP) is 2.65. The average molecular weight is 270 g/mol. The van der Waals surface area contributed by atoms with Crippen LogP contribution in [0, 0.1) is 13.8 Å². The number of amides is 1. The summed E-state index contributed by atoms with van der Waals surface area (Å²) in [6.45, 7) is 3.75. The van der Waals surface area contributed by atoms with Crippen LogP contribution in [0.25, 0.3) is 0 Å². The molecule has 102 valence electrons. The first kappa shape index (κ1) is 13.7. The van der Waals surface area contributed by atoms with E-state index < -0.39 is 5.97 Å². The lowest BCUT2D eigenvalue weighted by Crippen LogP contribution is -2.14. The van der Waals surface area contributed by atoms with E-state index in [1.54, 1.807) is 6.07 Å². The van der Waals surface area contributed by atoms with Gasteiger partial charge in [-0.1, -0.05) is 17.7 Å². The van der Waals surface area contributed by atoms with Crippen LogP contribution in [0.4, 0.5) is 5.69 Å². The zero-order chi connectivity index (χ0) is 14.7. The number of anilines is 1. The quantitative estimate of drug-likeness (QED) is 0.898. The Morgan fingerprint density at radius 1 is 1.15 bits per heavy atom. The molecule has 1 aromatic carbocycles. The minimum atomic E-state index is -1.08. The van der Waals surface area contributed by atoms with Gasteiger partial charge in [-0.15, -0.1) is 0 Å². The molecular weight excluding hydrogens is 256 g/mol. The molecule has 2 rings (SSSR count). The van der Waals surface area contributed by atoms with Crippen molar-refractivity contribution >= 4 is 17.6 Å². The SMILES string of the molecule is Cc1ccc(C)c(C(=O)Nc2cncc(C(=O)O)c2)c1. The van der Waals surface area contributed by atoms with E-state index in [0.29, 0.717) is 11.3 Å². The smallest absolute Gasteiger partial charge is 0.337 e. The second kappa shape index (κ2) is 5.52. The molecule has 2 aromatic rings. The van der Waals surface area contributed by atoms with Crippen molar-refractivity contribution in [3.8, 4) is 0 Å². The molecule has 0 bridgehead atoms. The first-order chi connectivity index (χ1) is 9.47. The molecule has 5 heteroatoms. The third-order valence-corrected chi connectivity index (χ3v) is 2.88. The summed E-state index contributed by atoms with van der Waals surface area (Å²) >= 11 is 0. The number of carboxylic acid groups (broad SMARTS) is 1. The molecule has 0 saturated carbocycles. The van der Waals surface area contributed by atoms with Crippen molar-refractivity contribution in [1.82, 2.24) is 4.98 Å². The van der Waals surface area contributed by atoms with Crippen LogP contribution in [0.5, 0.6) is 0 Å². The molecule has 1 amide bonds. The number of carboxylic acids is 1. The van der Waals surface area contributed by atoms with Crippen molar-refractivity contribution < 1.29 is 14.7 Å². The van der Waals surface area contributed by atoms with Crippen LogP contribution in [0.2, 0.25) is 0 Å². The predicted molar refractivity (Wildman–Crippen MR) is 75.1 cm³/mol. The van der Waals surface area contributed by atoms with Crippen molar-refractivity contribution in [3.05, 3.63) is 58.9 Å². The molecule has 2 N–H and O–H groups in total. The van der Waals surface area contributed by atoms with Crippen molar-refractivity contribution in [1.29, 1.82) is 0 Å². The van der Waals surface area contributed by atoms with Gasteiger partial charge in [-0.25, -0.2) is 4.79 Å². The first-order valence-electron chi connectivity index (χ1n) is 6.04. The van der Waals surface area contributed by atoms with Crippen molar-refractivity contribution in [3.63, 3.8) is 0 Å². The van der Waals surface area contributed by atoms with Gasteiger partial charge in [-0.2, -0.15) is 0 Å². The number of hydrogen-bond acceptors (Lipinski definition) is 3. The highest BCUT2D eigenvalue weighted by atomic mass is 16.4. The second-order valence-corrected chi connectivity index (χ2v) is 4.54. The van der Waals surface area contributed by atoms with Gasteiger partial charge in [-0.05, 0) is 31.5 Å². The van der Waals surface area contributed by atoms with Crippen LogP contribution in [0.15, 0.2) is 36.7 Å². The summed E-state index contributed by atoms with van der Waals surface area (Å²) in [5.74, 6) is -1.36. The maximum absolute atomic E-state index is 12.2. The number of carbonyl (C=O) groups excluding carboxylic acids is 1. The fourth-order valence-electron chi connectivity index (χ4n) is 1.80. The van der Waals surface area contributed by atoms with Crippen LogP contribution in [-0.2, 0) is 0 Å². The molecule has 0 atom stereocenters. The lowest BCUT2D eigenvalue weighted by atomic mass is 10.1. The lowest BCUT2D eigenvalue weighted by Gasteiger charge is -2.08. The van der Waals surface area contributed by atoms with Gasteiger partial charge < -0.3 is 10.4 Å². The second-order valence-electron chi connectivity index (χ2n) is 4.54. The molecule has 0 radical (unpaired) electrons. The molecule has 0 aliphatic rings. The minimum Gasteiger partial charge on any atom is -0.478 e. The molecule has 0 aliphatic carbocycles. The molecule has 1 heterocycles. The van der Waals surface area contributed by atoms with Crippen molar-refractivity contribution in [2.24, 2.45) is 0 Å². The van der Waals surface area contributed by atoms with Gasteiger partial charge in [0, 0.05) is 11.8 Å². The highest BCUT2D eigenvalue weighted by Crippen LogP contribution is 2.14. The zero-order valence-corrected chi connectivity index (χ0v) is 11.2. The number of carbonyl (C=O) groups is 2. The summed E-state index contributed by atoms with van der Waals surface area (Å²) in [6.07, 6.45) is 2.64. The molecule has 5 nitrogen and oxygen atoms in total. The van der Waals surface area contributed by atoms with Crippen LogP contribution in [0.1, 0.15) is 31.8 Å². The number of nitrogens with zero attached hydrogens (tertiary/aromatic N) is 1. The van der Waals surface area contributed by atoms with E-state index in [0.717, 1.165) is 11.1 Å². The molecule has 0 saturated heterocycles. The van der Waals surface area contributed by atoms with E-state index in [1.807, 2.05) is 26.0 Å². The number of benzene rings is 1. The molecule has 0 aliphatic heterocycles. The molecule has 20 heavy (non-hydrogen) atoms. The van der Waals surface area contributed by atoms with E-state index >= 15 is 0 Å². The summed E-state index contributed by atoms with van der Waals surface area (Å²) < 4.78 is 0. The summed E-state index contributed by atoms with van der Waals surface area (Å²) in [4.78, 5) is 26.8. The van der Waals surface area contributed by atoms with Gasteiger partial charge in [0.1, 0.15) is 0 Å². The van der Waals surface area contributed by atoms with Crippen LogP contribution >= 0.6 is 0 Å². The Bertz CT molecular complexity index is 681. The van der Waals surface area contributed by atoms with E-state index in [9.17, 15) is 9.59 Å². The Morgan fingerprint density at radius 2 is 1.90 bits per heavy atom. The van der Waals surface area contributed by atoms with E-state index in [4.69, 9.17) is 5.11 Å². The highest BCUT2D eigenvalue weighted by molar-refractivity contribution is 6.05. The van der Waals surface area contributed by atoms with Crippen LogP contribution < -0.4 is 5.32 Å². The Hall–Kier alpha value is -2.69. The zero-order valence-electron chi connectivity index (χ0n) is 11.2. The summed E-state index contributed by atoms with van der Waals surface area (Å²) in [7, 11) is 0. The Balaban J connectivity index is 2.25. The minimum absolute atomic E-state index is 0.0313. The fourth-order valence-corrected chi connectivity index (χ4v) is 1.80. The molecule has 1 aromatic heterocycles. The Morgan fingerprint density at radius 3 is 2.60 bits per heavy atom. The lowest BCUT2D eigenvalue weighted by molar-refractivity contribution is 0.0696. The number of hydrogen-bond donors (Lipinski definition) is 2. The number of rotatable bonds is 3. The van der Waals surface area contributed by atoms with E-state index in [-0.39, 0.29) is 11.5 Å². The molecule has 0 unspecified atom stereocenters. The third kappa shape index (κ3) is 3.00. The van der Waals surface area contributed by atoms with Crippen LogP contribution in [0.3, 0.4) is 0 Å².